The monoisotopic (exact) mass is 320 g/mol. The van der Waals surface area contributed by atoms with E-state index in [4.69, 9.17) is 9.84 Å². The van der Waals surface area contributed by atoms with Crippen LogP contribution in [-0.4, -0.2) is 36.9 Å². The molecule has 1 atom stereocenters. The third kappa shape index (κ3) is 6.66. The molecule has 3 N–H and O–H groups in total. The van der Waals surface area contributed by atoms with Crippen LogP contribution in [-0.2, 0) is 6.18 Å². The highest BCUT2D eigenvalue weighted by molar-refractivity contribution is 5.74. The van der Waals surface area contributed by atoms with Gasteiger partial charge in [-0.25, -0.2) is 4.79 Å². The number of halogens is 3. The Labute approximate surface area is 126 Å². The Morgan fingerprint density at radius 1 is 1.41 bits per heavy atom. The smallest absolute Gasteiger partial charge is 0.416 e. The molecule has 5 nitrogen and oxygen atoms in total. The molecule has 0 bridgehead atoms. The maximum atomic E-state index is 12.5. The zero-order valence-corrected chi connectivity index (χ0v) is 12.1. The van der Waals surface area contributed by atoms with E-state index in [0.29, 0.717) is 6.42 Å². The summed E-state index contributed by atoms with van der Waals surface area (Å²) in [6.07, 6.45) is -3.98. The minimum atomic E-state index is -4.42. The molecule has 0 spiro atoms. The van der Waals surface area contributed by atoms with E-state index in [1.165, 1.54) is 12.1 Å². The molecule has 22 heavy (non-hydrogen) atoms. The number of alkyl halides is 3. The fourth-order valence-electron chi connectivity index (χ4n) is 1.64. The summed E-state index contributed by atoms with van der Waals surface area (Å²) in [6, 6.07) is 3.95. The van der Waals surface area contributed by atoms with Gasteiger partial charge >= 0.3 is 12.2 Å². The van der Waals surface area contributed by atoms with Gasteiger partial charge in [0, 0.05) is 12.6 Å². The highest BCUT2D eigenvalue weighted by Crippen LogP contribution is 2.31. The van der Waals surface area contributed by atoms with Crippen molar-refractivity contribution in [3.8, 4) is 5.75 Å². The zero-order chi connectivity index (χ0) is 16.6. The molecule has 0 aliphatic rings. The van der Waals surface area contributed by atoms with Crippen molar-refractivity contribution in [3.63, 3.8) is 0 Å². The highest BCUT2D eigenvalue weighted by Gasteiger charge is 2.30. The second-order valence-corrected chi connectivity index (χ2v) is 4.69. The topological polar surface area (TPSA) is 70.6 Å². The van der Waals surface area contributed by atoms with Crippen LogP contribution in [0.15, 0.2) is 24.3 Å². The number of nitrogens with one attached hydrogen (secondary N) is 2. The molecule has 0 unspecified atom stereocenters. The van der Waals surface area contributed by atoms with Crippen LogP contribution in [0.5, 0.6) is 5.75 Å². The van der Waals surface area contributed by atoms with Gasteiger partial charge in [0.15, 0.2) is 0 Å². The first kappa shape index (κ1) is 18.1. The molecule has 0 aliphatic carbocycles. The van der Waals surface area contributed by atoms with Crippen LogP contribution in [0, 0.1) is 0 Å². The lowest BCUT2D eigenvalue weighted by Gasteiger charge is -2.14. The van der Waals surface area contributed by atoms with Crippen molar-refractivity contribution >= 4 is 6.03 Å². The Hall–Kier alpha value is -1.96. The van der Waals surface area contributed by atoms with Crippen molar-refractivity contribution in [1.82, 2.24) is 10.6 Å². The van der Waals surface area contributed by atoms with Crippen molar-refractivity contribution in [2.45, 2.75) is 25.6 Å². The number of hydrogen-bond donors (Lipinski definition) is 3. The number of benzene rings is 1. The minimum Gasteiger partial charge on any atom is -0.492 e. The molecule has 1 aromatic rings. The number of aliphatic hydroxyl groups is 1. The van der Waals surface area contributed by atoms with E-state index < -0.39 is 17.8 Å². The number of carbonyl (C=O) groups is 1. The van der Waals surface area contributed by atoms with Gasteiger partial charge in [0.1, 0.15) is 12.4 Å². The summed E-state index contributed by atoms with van der Waals surface area (Å²) in [4.78, 5) is 11.4. The molecule has 1 rings (SSSR count). The van der Waals surface area contributed by atoms with Crippen molar-refractivity contribution in [2.24, 2.45) is 0 Å². The van der Waals surface area contributed by atoms with E-state index in [-0.39, 0.29) is 31.5 Å². The molecule has 0 heterocycles. The Balaban J connectivity index is 2.32. The third-order valence-electron chi connectivity index (χ3n) is 2.76. The summed E-state index contributed by atoms with van der Waals surface area (Å²) in [7, 11) is 0. The number of amides is 2. The first-order chi connectivity index (χ1) is 10.3. The van der Waals surface area contributed by atoms with Crippen molar-refractivity contribution in [1.29, 1.82) is 0 Å². The Kier molecular flexibility index (Phi) is 6.97. The molecule has 0 radical (unpaired) electrons. The summed E-state index contributed by atoms with van der Waals surface area (Å²) in [5, 5.41) is 13.8. The van der Waals surface area contributed by atoms with Crippen LogP contribution >= 0.6 is 0 Å². The standard InChI is InChI=1S/C14H19F3N2O3/c1-10(5-7-20)19-13(21)18-6-8-22-12-4-2-3-11(9-12)14(15,16)17/h2-4,9-10,20H,5-8H2,1H3,(H2,18,19,21)/t10-/m1/s1. The third-order valence-corrected chi connectivity index (χ3v) is 2.76. The Morgan fingerprint density at radius 2 is 2.14 bits per heavy atom. The Bertz CT molecular complexity index is 481. The summed E-state index contributed by atoms with van der Waals surface area (Å²) in [5.74, 6) is 0.0886. The molecule has 8 heteroatoms. The lowest BCUT2D eigenvalue weighted by molar-refractivity contribution is -0.137. The SMILES string of the molecule is C[C@H](CCO)NC(=O)NCCOc1cccc(C(F)(F)F)c1. The molecule has 0 saturated carbocycles. The predicted molar refractivity (Wildman–Crippen MR) is 74.6 cm³/mol. The van der Waals surface area contributed by atoms with Gasteiger partial charge in [-0.3, -0.25) is 0 Å². The summed E-state index contributed by atoms with van der Waals surface area (Å²) in [5.41, 5.74) is -0.784. The lowest BCUT2D eigenvalue weighted by Crippen LogP contribution is -2.42. The summed E-state index contributed by atoms with van der Waals surface area (Å²) < 4.78 is 42.7. The lowest BCUT2D eigenvalue weighted by atomic mass is 10.2. The van der Waals surface area contributed by atoms with Crippen LogP contribution in [0.2, 0.25) is 0 Å². The second kappa shape index (κ2) is 8.47. The number of rotatable bonds is 7. The molecular formula is C14H19F3N2O3. The zero-order valence-electron chi connectivity index (χ0n) is 12.1. The number of ether oxygens (including phenoxy) is 1. The van der Waals surface area contributed by atoms with E-state index in [9.17, 15) is 18.0 Å². The normalized spacial score (nSPS) is 12.6. The summed E-state index contributed by atoms with van der Waals surface area (Å²) in [6.45, 7) is 1.91. The van der Waals surface area contributed by atoms with E-state index >= 15 is 0 Å². The largest absolute Gasteiger partial charge is 0.492 e. The number of hydrogen-bond acceptors (Lipinski definition) is 3. The van der Waals surface area contributed by atoms with Crippen LogP contribution in [0.3, 0.4) is 0 Å². The number of urea groups is 1. The average molecular weight is 320 g/mol. The van der Waals surface area contributed by atoms with E-state index in [0.717, 1.165) is 12.1 Å². The molecule has 0 aliphatic heterocycles. The average Bonchev–Trinajstić information content (AvgIpc) is 2.43. The molecule has 124 valence electrons. The van der Waals surface area contributed by atoms with Crippen LogP contribution < -0.4 is 15.4 Å². The molecule has 0 fully saturated rings. The van der Waals surface area contributed by atoms with Crippen molar-refractivity contribution in [2.75, 3.05) is 19.8 Å². The van der Waals surface area contributed by atoms with Gasteiger partial charge in [0.2, 0.25) is 0 Å². The molecule has 2 amide bonds. The van der Waals surface area contributed by atoms with Gasteiger partial charge < -0.3 is 20.5 Å². The number of carbonyl (C=O) groups excluding carboxylic acids is 1. The second-order valence-electron chi connectivity index (χ2n) is 4.69. The first-order valence-corrected chi connectivity index (χ1v) is 6.78. The number of aliphatic hydroxyl groups excluding tert-OH is 1. The van der Waals surface area contributed by atoms with E-state index in [1.807, 2.05) is 0 Å². The Morgan fingerprint density at radius 3 is 2.77 bits per heavy atom. The maximum absolute atomic E-state index is 12.5. The van der Waals surface area contributed by atoms with E-state index in [2.05, 4.69) is 10.6 Å². The fraction of sp³-hybridized carbons (Fsp3) is 0.500. The van der Waals surface area contributed by atoms with Crippen molar-refractivity contribution < 1.29 is 27.8 Å². The van der Waals surface area contributed by atoms with Crippen LogP contribution in [0.1, 0.15) is 18.9 Å². The van der Waals surface area contributed by atoms with Gasteiger partial charge in [-0.05, 0) is 31.5 Å². The molecule has 0 saturated heterocycles. The van der Waals surface area contributed by atoms with Crippen molar-refractivity contribution in [3.05, 3.63) is 29.8 Å². The molecule has 1 aromatic carbocycles. The predicted octanol–water partition coefficient (Wildman–Crippen LogP) is 2.15. The van der Waals surface area contributed by atoms with Gasteiger partial charge in [0.05, 0.1) is 12.1 Å². The quantitative estimate of drug-likeness (QED) is 0.674. The highest BCUT2D eigenvalue weighted by atomic mass is 19.4. The first-order valence-electron chi connectivity index (χ1n) is 6.78. The van der Waals surface area contributed by atoms with E-state index in [1.54, 1.807) is 6.92 Å². The fourth-order valence-corrected chi connectivity index (χ4v) is 1.64. The van der Waals surface area contributed by atoms with Gasteiger partial charge in [-0.1, -0.05) is 6.07 Å². The summed E-state index contributed by atoms with van der Waals surface area (Å²) >= 11 is 0. The maximum Gasteiger partial charge on any atom is 0.416 e. The van der Waals surface area contributed by atoms with Gasteiger partial charge in [-0.2, -0.15) is 13.2 Å². The van der Waals surface area contributed by atoms with Gasteiger partial charge in [0.25, 0.3) is 0 Å². The van der Waals surface area contributed by atoms with Crippen LogP contribution in [0.25, 0.3) is 0 Å². The van der Waals surface area contributed by atoms with Crippen LogP contribution in [0.4, 0.5) is 18.0 Å². The van der Waals surface area contributed by atoms with Gasteiger partial charge in [-0.15, -0.1) is 0 Å². The molecular weight excluding hydrogens is 301 g/mol. The molecule has 0 aromatic heterocycles. The minimum absolute atomic E-state index is 0.0277.